The van der Waals surface area contributed by atoms with E-state index in [-0.39, 0.29) is 23.5 Å². The molecule has 8 nitrogen and oxygen atoms in total. The fourth-order valence-electron chi connectivity index (χ4n) is 2.91. The Morgan fingerprint density at radius 3 is 2.59 bits per heavy atom. The Kier molecular flexibility index (Phi) is 7.61. The second kappa shape index (κ2) is 9.70. The number of hydrogen-bond donors (Lipinski definition) is 2. The van der Waals surface area contributed by atoms with E-state index in [4.69, 9.17) is 4.74 Å². The average Bonchev–Trinajstić information content (AvgIpc) is 2.68. The fourth-order valence-corrected chi connectivity index (χ4v) is 3.55. The number of rotatable bonds is 8. The Morgan fingerprint density at radius 1 is 1.26 bits per heavy atom. The summed E-state index contributed by atoms with van der Waals surface area (Å²) in [6.45, 7) is 3.44. The first-order valence-electron chi connectivity index (χ1n) is 9.02. The number of amides is 2. The minimum Gasteiger partial charge on any atom is -0.383 e. The van der Waals surface area contributed by atoms with Gasteiger partial charge in [-0.05, 0) is 44.0 Å². The van der Waals surface area contributed by atoms with Gasteiger partial charge in [0.25, 0.3) is 5.91 Å². The molecule has 9 heteroatoms. The van der Waals surface area contributed by atoms with Crippen molar-refractivity contribution >= 4 is 27.5 Å². The summed E-state index contributed by atoms with van der Waals surface area (Å²) < 4.78 is 30.6. The van der Waals surface area contributed by atoms with Crippen molar-refractivity contribution in [2.45, 2.75) is 19.8 Å². The number of sulfonamides is 1. The molecule has 0 aliphatic carbocycles. The first-order chi connectivity index (χ1) is 12.9. The molecule has 27 heavy (non-hydrogen) atoms. The first-order valence-corrected chi connectivity index (χ1v) is 10.7. The minimum atomic E-state index is -3.35. The normalized spacial score (nSPS) is 17.4. The van der Waals surface area contributed by atoms with Gasteiger partial charge in [0.15, 0.2) is 0 Å². The monoisotopic (exact) mass is 397 g/mol. The van der Waals surface area contributed by atoms with Gasteiger partial charge in [0.2, 0.25) is 15.9 Å². The fraction of sp³-hybridized carbons (Fsp3) is 0.556. The third kappa shape index (κ3) is 6.21. The number of nitrogens with one attached hydrogen (secondary N) is 2. The van der Waals surface area contributed by atoms with Crippen LogP contribution in [0.15, 0.2) is 24.3 Å². The van der Waals surface area contributed by atoms with Gasteiger partial charge in [0.05, 0.1) is 18.3 Å². The van der Waals surface area contributed by atoms with Crippen LogP contribution in [0.3, 0.4) is 0 Å². The smallest absolute Gasteiger partial charge is 0.253 e. The summed E-state index contributed by atoms with van der Waals surface area (Å²) in [5.74, 6) is -0.465. The van der Waals surface area contributed by atoms with E-state index in [1.807, 2.05) is 0 Å². The van der Waals surface area contributed by atoms with Crippen LogP contribution in [0.25, 0.3) is 0 Å². The summed E-state index contributed by atoms with van der Waals surface area (Å²) in [6, 6.07) is 6.33. The number of methoxy groups -OCH3 is 1. The van der Waals surface area contributed by atoms with Gasteiger partial charge in [-0.3, -0.25) is 14.3 Å². The van der Waals surface area contributed by atoms with Crippen molar-refractivity contribution < 1.29 is 22.7 Å². The molecule has 1 unspecified atom stereocenters. The highest BCUT2D eigenvalue weighted by Crippen LogP contribution is 2.20. The second-order valence-electron chi connectivity index (χ2n) is 6.46. The van der Waals surface area contributed by atoms with E-state index in [2.05, 4.69) is 10.0 Å². The van der Waals surface area contributed by atoms with Gasteiger partial charge >= 0.3 is 0 Å². The van der Waals surface area contributed by atoms with E-state index in [1.165, 1.54) is 0 Å². The number of carbonyl (C=O) groups excluding carboxylic acids is 2. The molecule has 150 valence electrons. The zero-order chi connectivity index (χ0) is 19.9. The summed E-state index contributed by atoms with van der Waals surface area (Å²) in [7, 11) is -1.78. The number of benzene rings is 1. The van der Waals surface area contributed by atoms with E-state index in [0.717, 1.165) is 12.8 Å². The standard InChI is InChI=1S/C18H27N3O5S/c1-3-27(24,25)20-16-8-6-14(7-9-16)18(23)21-11-4-5-15(13-21)17(22)19-10-12-26-2/h6-9,15,20H,3-5,10-13H2,1-2H3,(H,19,22). The molecule has 1 aromatic rings. The number of likely N-dealkylation sites (tertiary alicyclic amines) is 1. The van der Waals surface area contributed by atoms with Crippen molar-refractivity contribution in [2.24, 2.45) is 5.92 Å². The van der Waals surface area contributed by atoms with E-state index in [9.17, 15) is 18.0 Å². The largest absolute Gasteiger partial charge is 0.383 e. The highest BCUT2D eigenvalue weighted by atomic mass is 32.2. The number of carbonyl (C=O) groups is 2. The van der Waals surface area contributed by atoms with E-state index < -0.39 is 10.0 Å². The molecule has 0 radical (unpaired) electrons. The van der Waals surface area contributed by atoms with Gasteiger partial charge in [-0.25, -0.2) is 8.42 Å². The number of nitrogens with zero attached hydrogens (tertiary/aromatic N) is 1. The van der Waals surface area contributed by atoms with Crippen molar-refractivity contribution in [3.8, 4) is 0 Å². The Balaban J connectivity index is 1.97. The van der Waals surface area contributed by atoms with Crippen molar-refractivity contribution in [3.05, 3.63) is 29.8 Å². The molecule has 2 rings (SSSR count). The van der Waals surface area contributed by atoms with E-state index >= 15 is 0 Å². The molecule has 0 aromatic heterocycles. The van der Waals surface area contributed by atoms with E-state index in [0.29, 0.717) is 37.5 Å². The van der Waals surface area contributed by atoms with Gasteiger partial charge in [0.1, 0.15) is 0 Å². The average molecular weight is 397 g/mol. The van der Waals surface area contributed by atoms with Crippen molar-refractivity contribution in [2.75, 3.05) is 43.8 Å². The molecule has 1 aliphatic rings. The van der Waals surface area contributed by atoms with E-state index in [1.54, 1.807) is 43.2 Å². The van der Waals surface area contributed by atoms with Crippen LogP contribution >= 0.6 is 0 Å². The van der Waals surface area contributed by atoms with Crippen LogP contribution in [-0.2, 0) is 19.6 Å². The zero-order valence-corrected chi connectivity index (χ0v) is 16.5. The lowest BCUT2D eigenvalue weighted by Crippen LogP contribution is -2.45. The van der Waals surface area contributed by atoms with Gasteiger partial charge in [-0.1, -0.05) is 0 Å². The number of piperidine rings is 1. The molecule has 1 fully saturated rings. The maximum absolute atomic E-state index is 12.7. The van der Waals surface area contributed by atoms with Crippen LogP contribution < -0.4 is 10.0 Å². The second-order valence-corrected chi connectivity index (χ2v) is 8.47. The van der Waals surface area contributed by atoms with Crippen LogP contribution in [0.2, 0.25) is 0 Å². The van der Waals surface area contributed by atoms with Gasteiger partial charge in [-0.2, -0.15) is 0 Å². The SMILES string of the molecule is CCS(=O)(=O)Nc1ccc(C(=O)N2CCCC(C(=O)NCCOC)C2)cc1. The Bertz CT molecular complexity index is 749. The maximum Gasteiger partial charge on any atom is 0.253 e. The number of ether oxygens (including phenoxy) is 1. The van der Waals surface area contributed by atoms with Crippen LogP contribution in [-0.4, -0.2) is 64.2 Å². The molecule has 0 saturated carbocycles. The Hall–Kier alpha value is -2.13. The van der Waals surface area contributed by atoms with Crippen molar-refractivity contribution in [3.63, 3.8) is 0 Å². The van der Waals surface area contributed by atoms with Crippen LogP contribution in [0.1, 0.15) is 30.1 Å². The van der Waals surface area contributed by atoms with Crippen LogP contribution in [0, 0.1) is 5.92 Å². The maximum atomic E-state index is 12.7. The molecule has 0 bridgehead atoms. The van der Waals surface area contributed by atoms with Crippen molar-refractivity contribution in [1.29, 1.82) is 0 Å². The first kappa shape index (κ1) is 21.2. The molecule has 1 heterocycles. The summed E-state index contributed by atoms with van der Waals surface area (Å²) in [5, 5.41) is 2.82. The molecular formula is C18H27N3O5S. The molecule has 0 spiro atoms. The van der Waals surface area contributed by atoms with Crippen LogP contribution in [0.5, 0.6) is 0 Å². The molecule has 1 aliphatic heterocycles. The molecule has 2 amide bonds. The van der Waals surface area contributed by atoms with Crippen LogP contribution in [0.4, 0.5) is 5.69 Å². The summed E-state index contributed by atoms with van der Waals surface area (Å²) in [6.07, 6.45) is 1.52. The highest BCUT2D eigenvalue weighted by molar-refractivity contribution is 7.92. The third-order valence-electron chi connectivity index (χ3n) is 4.47. The molecule has 1 atom stereocenters. The lowest BCUT2D eigenvalue weighted by atomic mass is 9.96. The molecule has 1 saturated heterocycles. The summed E-state index contributed by atoms with van der Waals surface area (Å²) in [4.78, 5) is 26.6. The number of hydrogen-bond acceptors (Lipinski definition) is 5. The third-order valence-corrected chi connectivity index (χ3v) is 5.78. The lowest BCUT2D eigenvalue weighted by molar-refractivity contribution is -0.126. The van der Waals surface area contributed by atoms with Gasteiger partial charge in [0, 0.05) is 38.0 Å². The molecule has 1 aromatic carbocycles. The molecular weight excluding hydrogens is 370 g/mol. The summed E-state index contributed by atoms with van der Waals surface area (Å²) >= 11 is 0. The lowest BCUT2D eigenvalue weighted by Gasteiger charge is -2.32. The zero-order valence-electron chi connectivity index (χ0n) is 15.7. The van der Waals surface area contributed by atoms with Crippen molar-refractivity contribution in [1.82, 2.24) is 10.2 Å². The van der Waals surface area contributed by atoms with Gasteiger partial charge in [-0.15, -0.1) is 0 Å². The Labute approximate surface area is 160 Å². The topological polar surface area (TPSA) is 105 Å². The predicted molar refractivity (Wildman–Crippen MR) is 103 cm³/mol. The van der Waals surface area contributed by atoms with Gasteiger partial charge < -0.3 is 15.0 Å². The predicted octanol–water partition coefficient (Wildman–Crippen LogP) is 1.06. The minimum absolute atomic E-state index is 0.0186. The highest BCUT2D eigenvalue weighted by Gasteiger charge is 2.28. The molecule has 2 N–H and O–H groups in total. The summed E-state index contributed by atoms with van der Waals surface area (Å²) in [5.41, 5.74) is 0.886. The Morgan fingerprint density at radius 2 is 1.96 bits per heavy atom. The quantitative estimate of drug-likeness (QED) is 0.638. The number of anilines is 1.